The lowest BCUT2D eigenvalue weighted by molar-refractivity contribution is 0.437. The summed E-state index contributed by atoms with van der Waals surface area (Å²) >= 11 is 2.13. The Hall–Kier alpha value is -0.470. The van der Waals surface area contributed by atoms with Crippen LogP contribution in [0.25, 0.3) is 0 Å². The van der Waals surface area contributed by atoms with E-state index in [4.69, 9.17) is 0 Å². The fourth-order valence-electron chi connectivity index (χ4n) is 3.05. The highest BCUT2D eigenvalue weighted by atomic mass is 32.2. The largest absolute Gasteiger partial charge is 0.309 e. The van der Waals surface area contributed by atoms with E-state index in [0.29, 0.717) is 17.2 Å². The summed E-state index contributed by atoms with van der Waals surface area (Å²) in [5, 5.41) is 4.50. The second-order valence-corrected chi connectivity index (χ2v) is 7.21. The van der Waals surface area contributed by atoms with Crippen molar-refractivity contribution in [2.75, 3.05) is 6.54 Å². The van der Waals surface area contributed by atoms with Crippen LogP contribution in [-0.4, -0.2) is 11.8 Å². The van der Waals surface area contributed by atoms with Gasteiger partial charge in [0.15, 0.2) is 0 Å². The number of rotatable bonds is 4. The number of benzene rings is 1. The van der Waals surface area contributed by atoms with E-state index in [1.54, 1.807) is 11.1 Å². The molecule has 0 fully saturated rings. The minimum Gasteiger partial charge on any atom is -0.309 e. The van der Waals surface area contributed by atoms with Crippen LogP contribution in [-0.2, 0) is 5.75 Å². The molecule has 0 saturated carbocycles. The molecule has 0 saturated heterocycles. The third-order valence-electron chi connectivity index (χ3n) is 4.14. The number of hydrogen-bond acceptors (Lipinski definition) is 2. The SMILES string of the molecule is CCCNC1c2c(C)ccc(C)c2CSC1C(C)C. The zero-order chi connectivity index (χ0) is 14.0. The summed E-state index contributed by atoms with van der Waals surface area (Å²) in [5.74, 6) is 1.89. The maximum atomic E-state index is 3.81. The third kappa shape index (κ3) is 3.00. The standard InChI is InChI=1S/C17H27NS/c1-6-9-18-16-15-13(5)8-7-12(4)14(15)10-19-17(16)11(2)3/h7-8,11,16-18H,6,9-10H2,1-5H3. The van der Waals surface area contributed by atoms with Crippen LogP contribution in [0.15, 0.2) is 12.1 Å². The molecule has 1 heterocycles. The Balaban J connectivity index is 2.42. The zero-order valence-electron chi connectivity index (χ0n) is 12.9. The lowest BCUT2D eigenvalue weighted by atomic mass is 9.87. The molecule has 1 nitrogen and oxygen atoms in total. The Morgan fingerprint density at radius 3 is 2.58 bits per heavy atom. The summed E-state index contributed by atoms with van der Waals surface area (Å²) in [6.45, 7) is 12.6. The normalized spacial score (nSPS) is 22.6. The molecule has 0 aliphatic carbocycles. The van der Waals surface area contributed by atoms with Gasteiger partial charge in [0.25, 0.3) is 0 Å². The molecule has 0 aromatic heterocycles. The average Bonchev–Trinajstić information content (AvgIpc) is 2.39. The van der Waals surface area contributed by atoms with Gasteiger partial charge in [-0.2, -0.15) is 11.8 Å². The summed E-state index contributed by atoms with van der Waals surface area (Å²) in [6, 6.07) is 5.09. The Morgan fingerprint density at radius 1 is 1.26 bits per heavy atom. The lowest BCUT2D eigenvalue weighted by Crippen LogP contribution is -2.37. The maximum Gasteiger partial charge on any atom is 0.0449 e. The van der Waals surface area contributed by atoms with Crippen LogP contribution in [0.2, 0.25) is 0 Å². The van der Waals surface area contributed by atoms with Gasteiger partial charge in [-0.15, -0.1) is 0 Å². The average molecular weight is 277 g/mol. The second-order valence-electron chi connectivity index (χ2n) is 6.04. The van der Waals surface area contributed by atoms with E-state index in [9.17, 15) is 0 Å². The summed E-state index contributed by atoms with van der Waals surface area (Å²) in [6.07, 6.45) is 1.20. The van der Waals surface area contributed by atoms with Crippen molar-refractivity contribution >= 4 is 11.8 Å². The first kappa shape index (κ1) is 14.9. The van der Waals surface area contributed by atoms with E-state index in [-0.39, 0.29) is 0 Å². The highest BCUT2D eigenvalue weighted by Crippen LogP contribution is 2.43. The third-order valence-corrected chi connectivity index (χ3v) is 5.80. The second kappa shape index (κ2) is 6.32. The van der Waals surface area contributed by atoms with E-state index < -0.39 is 0 Å². The highest BCUT2D eigenvalue weighted by molar-refractivity contribution is 7.99. The quantitative estimate of drug-likeness (QED) is 0.862. The van der Waals surface area contributed by atoms with Gasteiger partial charge < -0.3 is 5.32 Å². The van der Waals surface area contributed by atoms with Crippen LogP contribution in [0.1, 0.15) is 55.5 Å². The zero-order valence-corrected chi connectivity index (χ0v) is 13.7. The van der Waals surface area contributed by atoms with E-state index in [2.05, 4.69) is 63.8 Å². The van der Waals surface area contributed by atoms with E-state index in [1.807, 2.05) is 0 Å². The van der Waals surface area contributed by atoms with Gasteiger partial charge in [-0.3, -0.25) is 0 Å². The minimum atomic E-state index is 0.522. The number of aryl methyl sites for hydroxylation is 2. The summed E-state index contributed by atoms with van der Waals surface area (Å²) in [4.78, 5) is 0. The first-order valence-corrected chi connectivity index (χ1v) is 8.55. The molecule has 1 aromatic carbocycles. The van der Waals surface area contributed by atoms with Crippen molar-refractivity contribution in [1.29, 1.82) is 0 Å². The van der Waals surface area contributed by atoms with Crippen LogP contribution in [0.5, 0.6) is 0 Å². The van der Waals surface area contributed by atoms with Crippen LogP contribution >= 0.6 is 11.8 Å². The van der Waals surface area contributed by atoms with Gasteiger partial charge in [0, 0.05) is 17.0 Å². The topological polar surface area (TPSA) is 12.0 Å². The smallest absolute Gasteiger partial charge is 0.0449 e. The summed E-state index contributed by atoms with van der Waals surface area (Å²) in [7, 11) is 0. The molecule has 106 valence electrons. The minimum absolute atomic E-state index is 0.522. The number of nitrogens with one attached hydrogen (secondary N) is 1. The van der Waals surface area contributed by atoms with Crippen molar-refractivity contribution in [1.82, 2.24) is 5.32 Å². The number of hydrogen-bond donors (Lipinski definition) is 1. The van der Waals surface area contributed by atoms with Crippen molar-refractivity contribution in [2.45, 2.75) is 58.1 Å². The number of thioether (sulfide) groups is 1. The van der Waals surface area contributed by atoms with Crippen molar-refractivity contribution in [2.24, 2.45) is 5.92 Å². The molecule has 0 radical (unpaired) electrons. The molecule has 1 aliphatic rings. The van der Waals surface area contributed by atoms with Gasteiger partial charge >= 0.3 is 0 Å². The predicted octanol–water partition coefficient (Wildman–Crippen LogP) is 4.62. The van der Waals surface area contributed by atoms with Crippen LogP contribution in [0.4, 0.5) is 0 Å². The lowest BCUT2D eigenvalue weighted by Gasteiger charge is -2.38. The van der Waals surface area contributed by atoms with Crippen LogP contribution in [0.3, 0.4) is 0 Å². The van der Waals surface area contributed by atoms with Gasteiger partial charge in [-0.25, -0.2) is 0 Å². The van der Waals surface area contributed by atoms with Crippen molar-refractivity contribution < 1.29 is 0 Å². The van der Waals surface area contributed by atoms with Crippen LogP contribution < -0.4 is 5.32 Å². The monoisotopic (exact) mass is 277 g/mol. The van der Waals surface area contributed by atoms with Crippen LogP contribution in [0, 0.1) is 19.8 Å². The first-order chi connectivity index (χ1) is 9.06. The first-order valence-electron chi connectivity index (χ1n) is 7.50. The fourth-order valence-corrected chi connectivity index (χ4v) is 4.60. The molecule has 0 spiro atoms. The van der Waals surface area contributed by atoms with Crippen molar-refractivity contribution in [3.05, 3.63) is 34.4 Å². The fraction of sp³-hybridized carbons (Fsp3) is 0.647. The molecule has 2 rings (SSSR count). The van der Waals surface area contributed by atoms with Crippen molar-refractivity contribution in [3.63, 3.8) is 0 Å². The molecule has 2 atom stereocenters. The van der Waals surface area contributed by atoms with Gasteiger partial charge in [-0.1, -0.05) is 32.9 Å². The predicted molar refractivity (Wildman–Crippen MR) is 86.9 cm³/mol. The molecular weight excluding hydrogens is 250 g/mol. The molecule has 19 heavy (non-hydrogen) atoms. The molecule has 2 unspecified atom stereocenters. The van der Waals surface area contributed by atoms with Gasteiger partial charge in [0.05, 0.1) is 0 Å². The molecule has 1 aromatic rings. The Morgan fingerprint density at radius 2 is 1.95 bits per heavy atom. The summed E-state index contributed by atoms with van der Waals surface area (Å²) in [5.41, 5.74) is 6.08. The van der Waals surface area contributed by atoms with Gasteiger partial charge in [0.1, 0.15) is 0 Å². The Kier molecular flexibility index (Phi) is 4.97. The van der Waals surface area contributed by atoms with E-state index in [1.165, 1.54) is 23.3 Å². The summed E-state index contributed by atoms with van der Waals surface area (Å²) < 4.78 is 0. The van der Waals surface area contributed by atoms with Gasteiger partial charge in [0.2, 0.25) is 0 Å². The molecule has 1 aliphatic heterocycles. The van der Waals surface area contributed by atoms with Gasteiger partial charge in [-0.05, 0) is 55.0 Å². The van der Waals surface area contributed by atoms with E-state index in [0.717, 1.165) is 6.54 Å². The van der Waals surface area contributed by atoms with E-state index >= 15 is 0 Å². The highest BCUT2D eigenvalue weighted by Gasteiger charge is 2.33. The van der Waals surface area contributed by atoms with Crippen molar-refractivity contribution in [3.8, 4) is 0 Å². The molecule has 1 N–H and O–H groups in total. The molecular formula is C17H27NS. The Bertz CT molecular complexity index is 439. The maximum absolute atomic E-state index is 3.81. The molecule has 2 heteroatoms. The number of fused-ring (bicyclic) bond motifs is 1. The Labute approximate surface area is 122 Å². The molecule has 0 bridgehead atoms. The molecule has 0 amide bonds.